The van der Waals surface area contributed by atoms with Crippen molar-refractivity contribution < 1.29 is 18.8 Å². The fourth-order valence-corrected chi connectivity index (χ4v) is 3.51. The van der Waals surface area contributed by atoms with Crippen LogP contribution >= 0.6 is 0 Å². The molecule has 1 saturated heterocycles. The van der Waals surface area contributed by atoms with Gasteiger partial charge in [-0.2, -0.15) is 4.98 Å². The van der Waals surface area contributed by atoms with E-state index in [4.69, 9.17) is 14.0 Å². The lowest BCUT2D eigenvalue weighted by molar-refractivity contribution is -0.128. The van der Waals surface area contributed by atoms with Crippen molar-refractivity contribution in [1.82, 2.24) is 15.0 Å². The highest BCUT2D eigenvalue weighted by Gasteiger charge is 2.34. The fraction of sp³-hybridized carbons (Fsp3) is 0.348. The summed E-state index contributed by atoms with van der Waals surface area (Å²) in [5.74, 6) is 2.60. The van der Waals surface area contributed by atoms with Crippen LogP contribution in [-0.4, -0.2) is 40.7 Å². The Hall–Kier alpha value is -3.35. The van der Waals surface area contributed by atoms with Crippen molar-refractivity contribution in [2.24, 2.45) is 0 Å². The van der Waals surface area contributed by atoms with Crippen LogP contribution in [0.3, 0.4) is 0 Å². The Morgan fingerprint density at radius 1 is 1.10 bits per heavy atom. The fourth-order valence-electron chi connectivity index (χ4n) is 3.51. The van der Waals surface area contributed by atoms with Crippen molar-refractivity contribution in [2.75, 3.05) is 13.7 Å². The van der Waals surface area contributed by atoms with Crippen LogP contribution in [0, 0.1) is 0 Å². The van der Waals surface area contributed by atoms with E-state index >= 15 is 0 Å². The number of hydrogen-bond donors (Lipinski definition) is 0. The highest BCUT2D eigenvalue weighted by Crippen LogP contribution is 2.30. The summed E-state index contributed by atoms with van der Waals surface area (Å²) in [6.07, 6.45) is 0.493. The number of carbonyl (C=O) groups is 1. The Kier molecular flexibility index (Phi) is 5.70. The normalized spacial score (nSPS) is 16.3. The van der Waals surface area contributed by atoms with Crippen molar-refractivity contribution in [2.45, 2.75) is 38.8 Å². The number of carbonyl (C=O) groups excluding carboxylic acids is 1. The maximum Gasteiger partial charge on any atom is 0.232 e. The van der Waals surface area contributed by atoms with Gasteiger partial charge < -0.3 is 18.9 Å². The van der Waals surface area contributed by atoms with Gasteiger partial charge >= 0.3 is 0 Å². The molecular formula is C23H25N3O4. The molecule has 7 nitrogen and oxygen atoms in total. The van der Waals surface area contributed by atoms with Crippen molar-refractivity contribution in [1.29, 1.82) is 0 Å². The third kappa shape index (κ3) is 4.45. The van der Waals surface area contributed by atoms with Crippen LogP contribution in [0.1, 0.15) is 37.6 Å². The molecule has 2 aromatic carbocycles. The minimum atomic E-state index is -0.0967. The molecule has 30 heavy (non-hydrogen) atoms. The molecule has 1 aliphatic heterocycles. The van der Waals surface area contributed by atoms with Gasteiger partial charge in [-0.05, 0) is 55.8 Å². The molecule has 3 aromatic rings. The van der Waals surface area contributed by atoms with Crippen LogP contribution in [-0.2, 0) is 11.3 Å². The van der Waals surface area contributed by atoms with Crippen LogP contribution in [0.4, 0.5) is 0 Å². The molecule has 0 radical (unpaired) electrons. The molecular weight excluding hydrogens is 382 g/mol. The molecule has 1 unspecified atom stereocenters. The summed E-state index contributed by atoms with van der Waals surface area (Å²) in [6.45, 7) is 5.09. The lowest BCUT2D eigenvalue weighted by Gasteiger charge is -2.16. The minimum Gasteiger partial charge on any atom is -0.497 e. The summed E-state index contributed by atoms with van der Waals surface area (Å²) in [6, 6.07) is 15.3. The van der Waals surface area contributed by atoms with Crippen molar-refractivity contribution >= 4 is 5.91 Å². The van der Waals surface area contributed by atoms with E-state index in [0.29, 0.717) is 31.2 Å². The van der Waals surface area contributed by atoms with E-state index in [-0.39, 0.29) is 17.9 Å². The molecule has 1 amide bonds. The summed E-state index contributed by atoms with van der Waals surface area (Å²) in [4.78, 5) is 18.9. The zero-order chi connectivity index (χ0) is 21.1. The van der Waals surface area contributed by atoms with E-state index < -0.39 is 0 Å². The van der Waals surface area contributed by atoms with Gasteiger partial charge in [-0.25, -0.2) is 0 Å². The monoisotopic (exact) mass is 407 g/mol. The maximum atomic E-state index is 12.5. The lowest BCUT2D eigenvalue weighted by Crippen LogP contribution is -2.24. The molecule has 1 aromatic heterocycles. The Labute approximate surface area is 175 Å². The zero-order valence-corrected chi connectivity index (χ0v) is 17.4. The molecule has 2 heterocycles. The van der Waals surface area contributed by atoms with Gasteiger partial charge in [0.15, 0.2) is 0 Å². The largest absolute Gasteiger partial charge is 0.497 e. The first-order valence-corrected chi connectivity index (χ1v) is 10.0. The third-order valence-electron chi connectivity index (χ3n) is 5.02. The summed E-state index contributed by atoms with van der Waals surface area (Å²) in [7, 11) is 1.63. The van der Waals surface area contributed by atoms with E-state index in [1.807, 2.05) is 67.3 Å². The second-order valence-electron chi connectivity index (χ2n) is 7.67. The van der Waals surface area contributed by atoms with Gasteiger partial charge in [-0.15, -0.1) is 0 Å². The second kappa shape index (κ2) is 8.57. The zero-order valence-electron chi connectivity index (χ0n) is 17.4. The van der Waals surface area contributed by atoms with Gasteiger partial charge in [0.1, 0.15) is 11.5 Å². The lowest BCUT2D eigenvalue weighted by atomic mass is 10.1. The molecule has 1 aliphatic rings. The van der Waals surface area contributed by atoms with Gasteiger partial charge in [0.2, 0.25) is 17.6 Å². The highest BCUT2D eigenvalue weighted by molar-refractivity contribution is 5.79. The maximum absolute atomic E-state index is 12.5. The molecule has 4 rings (SSSR count). The number of aromatic nitrogens is 2. The molecule has 0 bridgehead atoms. The van der Waals surface area contributed by atoms with Crippen LogP contribution in [0.2, 0.25) is 0 Å². The highest BCUT2D eigenvalue weighted by atomic mass is 16.5. The summed E-state index contributed by atoms with van der Waals surface area (Å²) in [5.41, 5.74) is 1.90. The van der Waals surface area contributed by atoms with E-state index in [0.717, 1.165) is 22.6 Å². The number of likely N-dealkylation sites (tertiary alicyclic amines) is 1. The molecule has 0 spiro atoms. The smallest absolute Gasteiger partial charge is 0.232 e. The number of methoxy groups -OCH3 is 1. The molecule has 7 heteroatoms. The number of rotatable bonds is 7. The van der Waals surface area contributed by atoms with E-state index in [9.17, 15) is 4.79 Å². The number of ether oxygens (including phenoxy) is 2. The number of nitrogens with zero attached hydrogens (tertiary/aromatic N) is 3. The first-order chi connectivity index (χ1) is 14.5. The van der Waals surface area contributed by atoms with Gasteiger partial charge in [0.25, 0.3) is 0 Å². The topological polar surface area (TPSA) is 77.7 Å². The first-order valence-electron chi connectivity index (χ1n) is 10.0. The molecule has 1 atom stereocenters. The van der Waals surface area contributed by atoms with Crippen LogP contribution in [0.5, 0.6) is 11.5 Å². The average Bonchev–Trinajstić information content (AvgIpc) is 3.36. The van der Waals surface area contributed by atoms with Gasteiger partial charge in [0, 0.05) is 25.1 Å². The molecule has 1 fully saturated rings. The van der Waals surface area contributed by atoms with Gasteiger partial charge in [-0.1, -0.05) is 17.3 Å². The second-order valence-corrected chi connectivity index (χ2v) is 7.67. The molecule has 0 saturated carbocycles. The summed E-state index contributed by atoms with van der Waals surface area (Å²) >= 11 is 0. The Bertz CT molecular complexity index is 996. The SMILES string of the molecule is COc1ccc(CN2CC(c3nc(-c4ccc(OC(C)C)cc4)no3)CC2=O)cc1. The predicted molar refractivity (Wildman–Crippen MR) is 111 cm³/mol. The van der Waals surface area contributed by atoms with Crippen LogP contribution in [0.25, 0.3) is 11.4 Å². The third-order valence-corrected chi connectivity index (χ3v) is 5.02. The van der Waals surface area contributed by atoms with Crippen molar-refractivity contribution in [3.63, 3.8) is 0 Å². The van der Waals surface area contributed by atoms with Crippen molar-refractivity contribution in [3.8, 4) is 22.9 Å². The summed E-state index contributed by atoms with van der Waals surface area (Å²) in [5, 5.41) is 4.10. The quantitative estimate of drug-likeness (QED) is 0.588. The van der Waals surface area contributed by atoms with Crippen LogP contribution in [0.15, 0.2) is 53.1 Å². The number of benzene rings is 2. The van der Waals surface area contributed by atoms with Crippen molar-refractivity contribution in [3.05, 3.63) is 60.0 Å². The average molecular weight is 407 g/mol. The van der Waals surface area contributed by atoms with E-state index in [1.165, 1.54) is 0 Å². The predicted octanol–water partition coefficient (Wildman–Crippen LogP) is 4.05. The molecule has 0 N–H and O–H groups in total. The Morgan fingerprint density at radius 2 is 1.80 bits per heavy atom. The minimum absolute atomic E-state index is 0.0887. The van der Waals surface area contributed by atoms with E-state index in [1.54, 1.807) is 7.11 Å². The standard InChI is InChI=1S/C23H25N3O4/c1-15(2)29-20-10-6-17(7-11-20)22-24-23(30-25-22)18-12-21(27)26(14-18)13-16-4-8-19(28-3)9-5-16/h4-11,15,18H,12-14H2,1-3H3. The first kappa shape index (κ1) is 19.9. The number of hydrogen-bond acceptors (Lipinski definition) is 6. The Balaban J connectivity index is 1.41. The number of amides is 1. The van der Waals surface area contributed by atoms with Gasteiger partial charge in [0.05, 0.1) is 19.1 Å². The summed E-state index contributed by atoms with van der Waals surface area (Å²) < 4.78 is 16.3. The van der Waals surface area contributed by atoms with Gasteiger partial charge in [-0.3, -0.25) is 4.79 Å². The molecule has 156 valence electrons. The Morgan fingerprint density at radius 3 is 2.47 bits per heavy atom. The van der Waals surface area contributed by atoms with E-state index in [2.05, 4.69) is 10.1 Å². The van der Waals surface area contributed by atoms with Crippen LogP contribution < -0.4 is 9.47 Å². The molecule has 0 aliphatic carbocycles.